The zero-order chi connectivity index (χ0) is 23.7. The minimum atomic E-state index is -0.0434. The summed E-state index contributed by atoms with van der Waals surface area (Å²) in [6.45, 7) is 2.85. The van der Waals surface area contributed by atoms with Gasteiger partial charge in [0.1, 0.15) is 11.2 Å². The van der Waals surface area contributed by atoms with Gasteiger partial charge < -0.3 is 14.8 Å². The van der Waals surface area contributed by atoms with Crippen LogP contribution in [0.1, 0.15) is 29.3 Å². The fourth-order valence-corrected chi connectivity index (χ4v) is 6.46. The Labute approximate surface area is 206 Å². The summed E-state index contributed by atoms with van der Waals surface area (Å²) in [6, 6.07) is 5.78. The molecule has 34 heavy (non-hydrogen) atoms. The van der Waals surface area contributed by atoms with Gasteiger partial charge in [0.25, 0.3) is 0 Å². The number of hydrogen-bond donors (Lipinski definition) is 1. The lowest BCUT2D eigenvalue weighted by Gasteiger charge is -2.17. The van der Waals surface area contributed by atoms with Gasteiger partial charge in [-0.2, -0.15) is 0 Å². The minimum Gasteiger partial charge on any atom is -0.493 e. The third-order valence-electron chi connectivity index (χ3n) is 6.19. The molecule has 10 heteroatoms. The number of methoxy groups -OCH3 is 2. The Kier molecular flexibility index (Phi) is 6.60. The number of carbonyl (C=O) groups excluding carboxylic acids is 1. The van der Waals surface area contributed by atoms with Crippen molar-refractivity contribution in [2.45, 2.75) is 37.8 Å². The Morgan fingerprint density at radius 3 is 2.94 bits per heavy atom. The van der Waals surface area contributed by atoms with Crippen molar-refractivity contribution >= 4 is 44.9 Å². The molecular formula is C24H27N5O3S2. The summed E-state index contributed by atoms with van der Waals surface area (Å²) in [4.78, 5) is 19.6. The number of rotatable bonds is 8. The molecule has 1 atom stereocenters. The van der Waals surface area contributed by atoms with Crippen LogP contribution in [0.25, 0.3) is 15.9 Å². The molecule has 1 N–H and O–H groups in total. The Bertz CT molecular complexity index is 1350. The standard InChI is InChI=1S/C24H27N5O3S2/c1-14-4-6-16-19(10-14)34-23-21(16)22-27-28-24(29(22)13-26-23)33-12-20(30)25-9-8-15-5-7-17(31-2)18(11-15)32-3/h5,7,11,13-14H,4,6,8-10,12H2,1-3H3,(H,25,30)/t14-/m1/s1. The molecule has 0 unspecified atom stereocenters. The molecule has 3 heterocycles. The molecule has 4 aromatic rings. The number of hydrogen-bond acceptors (Lipinski definition) is 8. The molecule has 0 saturated carbocycles. The van der Waals surface area contributed by atoms with Gasteiger partial charge in [0, 0.05) is 11.4 Å². The largest absolute Gasteiger partial charge is 0.493 e. The first-order chi connectivity index (χ1) is 16.6. The molecular weight excluding hydrogens is 470 g/mol. The fourth-order valence-electron chi connectivity index (χ4n) is 4.38. The van der Waals surface area contributed by atoms with Gasteiger partial charge in [-0.05, 0) is 54.9 Å². The summed E-state index contributed by atoms with van der Waals surface area (Å²) in [5, 5.41) is 13.6. The van der Waals surface area contributed by atoms with Crippen molar-refractivity contribution in [3.8, 4) is 11.5 Å². The number of benzene rings is 1. The lowest BCUT2D eigenvalue weighted by Crippen LogP contribution is -2.27. The van der Waals surface area contributed by atoms with Crippen LogP contribution in [0.3, 0.4) is 0 Å². The van der Waals surface area contributed by atoms with Gasteiger partial charge in [0.05, 0.1) is 25.4 Å². The van der Waals surface area contributed by atoms with E-state index in [9.17, 15) is 4.79 Å². The van der Waals surface area contributed by atoms with Crippen LogP contribution in [0.4, 0.5) is 0 Å². The summed E-state index contributed by atoms with van der Waals surface area (Å²) >= 11 is 3.15. The van der Waals surface area contributed by atoms with Crippen molar-refractivity contribution in [2.75, 3.05) is 26.5 Å². The monoisotopic (exact) mass is 497 g/mol. The predicted molar refractivity (Wildman–Crippen MR) is 134 cm³/mol. The Morgan fingerprint density at radius 2 is 2.12 bits per heavy atom. The highest BCUT2D eigenvalue weighted by molar-refractivity contribution is 7.99. The molecule has 1 aliphatic rings. The molecule has 3 aromatic heterocycles. The van der Waals surface area contributed by atoms with Gasteiger partial charge in [-0.25, -0.2) is 4.98 Å². The van der Waals surface area contributed by atoms with Gasteiger partial charge in [-0.15, -0.1) is 21.5 Å². The molecule has 8 nitrogen and oxygen atoms in total. The SMILES string of the molecule is COc1ccc(CCNC(=O)CSc2nnc3c4c5c(sc4ncn23)C[C@H](C)CC5)cc1OC. The van der Waals surface area contributed by atoms with Gasteiger partial charge in [-0.3, -0.25) is 9.20 Å². The number of thiophene rings is 1. The van der Waals surface area contributed by atoms with Crippen LogP contribution in [0.5, 0.6) is 11.5 Å². The Hall–Kier alpha value is -2.85. The van der Waals surface area contributed by atoms with Crippen molar-refractivity contribution in [3.05, 3.63) is 40.5 Å². The van der Waals surface area contributed by atoms with E-state index in [0.717, 1.165) is 34.3 Å². The second-order valence-corrected chi connectivity index (χ2v) is 10.6. The number of carbonyl (C=O) groups is 1. The highest BCUT2D eigenvalue weighted by Gasteiger charge is 2.24. The Morgan fingerprint density at radius 1 is 1.26 bits per heavy atom. The highest BCUT2D eigenvalue weighted by atomic mass is 32.2. The maximum atomic E-state index is 12.4. The third-order valence-corrected chi connectivity index (χ3v) is 8.29. The number of aromatic nitrogens is 4. The summed E-state index contributed by atoms with van der Waals surface area (Å²) in [5.41, 5.74) is 3.29. The number of aryl methyl sites for hydroxylation is 1. The lowest BCUT2D eigenvalue weighted by atomic mass is 9.89. The lowest BCUT2D eigenvalue weighted by molar-refractivity contribution is -0.118. The first-order valence-electron chi connectivity index (χ1n) is 11.3. The molecule has 0 spiro atoms. The van der Waals surface area contributed by atoms with Crippen molar-refractivity contribution in [1.29, 1.82) is 0 Å². The van der Waals surface area contributed by atoms with Crippen LogP contribution in [0, 0.1) is 5.92 Å². The molecule has 0 aliphatic heterocycles. The number of amides is 1. The first-order valence-corrected chi connectivity index (χ1v) is 13.1. The van der Waals surface area contributed by atoms with E-state index in [-0.39, 0.29) is 11.7 Å². The molecule has 0 radical (unpaired) electrons. The van der Waals surface area contributed by atoms with E-state index >= 15 is 0 Å². The van der Waals surface area contributed by atoms with Crippen molar-refractivity contribution < 1.29 is 14.3 Å². The van der Waals surface area contributed by atoms with E-state index in [2.05, 4.69) is 27.4 Å². The van der Waals surface area contributed by atoms with Gasteiger partial charge in [0.15, 0.2) is 22.3 Å². The first kappa shape index (κ1) is 22.9. The molecule has 1 aromatic carbocycles. The van der Waals surface area contributed by atoms with Crippen molar-refractivity contribution in [1.82, 2.24) is 24.9 Å². The van der Waals surface area contributed by atoms with E-state index in [4.69, 9.17) is 9.47 Å². The number of nitrogens with zero attached hydrogens (tertiary/aromatic N) is 4. The highest BCUT2D eigenvalue weighted by Crippen LogP contribution is 2.39. The van der Waals surface area contributed by atoms with Crippen LogP contribution in [0.15, 0.2) is 29.7 Å². The van der Waals surface area contributed by atoms with Crippen LogP contribution in [0.2, 0.25) is 0 Å². The second kappa shape index (κ2) is 9.79. The second-order valence-electron chi connectivity index (χ2n) is 8.53. The van der Waals surface area contributed by atoms with Crippen LogP contribution >= 0.6 is 23.1 Å². The van der Waals surface area contributed by atoms with Crippen LogP contribution in [-0.4, -0.2) is 52.0 Å². The van der Waals surface area contributed by atoms with Gasteiger partial charge in [-0.1, -0.05) is 24.8 Å². The number of ether oxygens (including phenoxy) is 2. The average molecular weight is 498 g/mol. The summed E-state index contributed by atoms with van der Waals surface area (Å²) in [5.74, 6) is 2.31. The average Bonchev–Trinajstić information content (AvgIpc) is 3.42. The molecule has 0 fully saturated rings. The maximum absolute atomic E-state index is 12.4. The van der Waals surface area contributed by atoms with E-state index in [1.807, 2.05) is 22.6 Å². The van der Waals surface area contributed by atoms with E-state index in [1.165, 1.54) is 28.6 Å². The minimum absolute atomic E-state index is 0.0434. The normalized spacial score (nSPS) is 15.4. The van der Waals surface area contributed by atoms with E-state index < -0.39 is 0 Å². The molecule has 0 bridgehead atoms. The zero-order valence-corrected chi connectivity index (χ0v) is 21.1. The smallest absolute Gasteiger partial charge is 0.230 e. The number of fused-ring (bicyclic) bond motifs is 5. The fraction of sp³-hybridized carbons (Fsp3) is 0.417. The van der Waals surface area contributed by atoms with Crippen LogP contribution in [-0.2, 0) is 24.1 Å². The van der Waals surface area contributed by atoms with Gasteiger partial charge in [0.2, 0.25) is 5.91 Å². The third kappa shape index (κ3) is 4.44. The summed E-state index contributed by atoms with van der Waals surface area (Å²) in [7, 11) is 3.23. The summed E-state index contributed by atoms with van der Waals surface area (Å²) in [6.07, 6.45) is 5.85. The summed E-state index contributed by atoms with van der Waals surface area (Å²) < 4.78 is 12.5. The van der Waals surface area contributed by atoms with Crippen molar-refractivity contribution in [2.24, 2.45) is 5.92 Å². The maximum Gasteiger partial charge on any atom is 0.230 e. The zero-order valence-electron chi connectivity index (χ0n) is 19.5. The molecule has 1 amide bonds. The molecule has 0 saturated heterocycles. The topological polar surface area (TPSA) is 90.6 Å². The van der Waals surface area contributed by atoms with E-state index in [0.29, 0.717) is 35.5 Å². The number of nitrogens with one attached hydrogen (secondary N) is 1. The molecule has 5 rings (SSSR count). The van der Waals surface area contributed by atoms with E-state index in [1.54, 1.807) is 31.9 Å². The quantitative estimate of drug-likeness (QED) is 0.369. The Balaban J connectivity index is 1.21. The van der Waals surface area contributed by atoms with Crippen LogP contribution < -0.4 is 14.8 Å². The molecule has 1 aliphatic carbocycles. The van der Waals surface area contributed by atoms with Gasteiger partial charge >= 0.3 is 0 Å². The number of thioether (sulfide) groups is 1. The predicted octanol–water partition coefficient (Wildman–Crippen LogP) is 3.93. The van der Waals surface area contributed by atoms with Crippen molar-refractivity contribution in [3.63, 3.8) is 0 Å². The molecule has 178 valence electrons.